The number of benzene rings is 3. The van der Waals surface area contributed by atoms with E-state index in [9.17, 15) is 19.7 Å². The van der Waals surface area contributed by atoms with Crippen molar-refractivity contribution in [1.82, 2.24) is 0 Å². The van der Waals surface area contributed by atoms with E-state index >= 15 is 0 Å². The van der Waals surface area contributed by atoms with Crippen LogP contribution in [0.3, 0.4) is 0 Å². The van der Waals surface area contributed by atoms with Gasteiger partial charge >= 0.3 is 5.97 Å². The van der Waals surface area contributed by atoms with Crippen molar-refractivity contribution < 1.29 is 28.7 Å². The molecular formula is C24H17NO7. The van der Waals surface area contributed by atoms with Gasteiger partial charge in [0.15, 0.2) is 5.76 Å². The van der Waals surface area contributed by atoms with Gasteiger partial charge in [-0.25, -0.2) is 4.79 Å². The number of ketones is 1. The van der Waals surface area contributed by atoms with Gasteiger partial charge in [0.2, 0.25) is 5.78 Å². The Morgan fingerprint density at radius 2 is 1.84 bits per heavy atom. The summed E-state index contributed by atoms with van der Waals surface area (Å²) in [7, 11) is 0. The Labute approximate surface area is 182 Å². The molecule has 160 valence electrons. The maximum Gasteiger partial charge on any atom is 0.343 e. The third-order valence-corrected chi connectivity index (χ3v) is 4.67. The molecule has 0 spiro atoms. The first-order valence-corrected chi connectivity index (χ1v) is 9.73. The van der Waals surface area contributed by atoms with Gasteiger partial charge in [-0.3, -0.25) is 14.9 Å². The zero-order chi connectivity index (χ0) is 22.7. The molecule has 0 fully saturated rings. The monoisotopic (exact) mass is 431 g/mol. The summed E-state index contributed by atoms with van der Waals surface area (Å²) in [6, 6.07) is 16.8. The summed E-state index contributed by atoms with van der Waals surface area (Å²) in [5.41, 5.74) is 1.08. The Morgan fingerprint density at radius 3 is 2.56 bits per heavy atom. The fourth-order valence-electron chi connectivity index (χ4n) is 3.14. The molecule has 1 aliphatic rings. The second kappa shape index (κ2) is 8.73. The van der Waals surface area contributed by atoms with E-state index in [2.05, 4.69) is 0 Å². The van der Waals surface area contributed by atoms with Crippen LogP contribution in [0.25, 0.3) is 6.08 Å². The molecule has 0 unspecified atom stereocenters. The zero-order valence-corrected chi connectivity index (χ0v) is 16.9. The third-order valence-electron chi connectivity index (χ3n) is 4.67. The standard InChI is InChI=1S/C24H17NO7/c1-2-30-20-6-4-3-5-16(20)13-22-23(26)19-12-11-18(14-21(19)32-22)31-24(27)15-7-9-17(10-8-15)25(28)29/h3-14H,2H2,1H3/b22-13-. The molecule has 32 heavy (non-hydrogen) atoms. The molecule has 0 N–H and O–H groups in total. The first-order chi connectivity index (χ1) is 15.5. The van der Waals surface area contributed by atoms with Crippen LogP contribution in [-0.2, 0) is 0 Å². The minimum absolute atomic E-state index is 0.128. The number of carbonyl (C=O) groups is 2. The molecule has 3 aromatic rings. The molecule has 1 heterocycles. The fraction of sp³-hybridized carbons (Fsp3) is 0.0833. The van der Waals surface area contributed by atoms with Gasteiger partial charge in [-0.1, -0.05) is 18.2 Å². The summed E-state index contributed by atoms with van der Waals surface area (Å²) in [5, 5.41) is 10.7. The highest BCUT2D eigenvalue weighted by Gasteiger charge is 2.28. The van der Waals surface area contributed by atoms with Gasteiger partial charge in [0.05, 0.1) is 22.7 Å². The third kappa shape index (κ3) is 4.20. The number of hydrogen-bond acceptors (Lipinski definition) is 7. The lowest BCUT2D eigenvalue weighted by Crippen LogP contribution is -2.08. The van der Waals surface area contributed by atoms with Crippen molar-refractivity contribution in [2.24, 2.45) is 0 Å². The average molecular weight is 431 g/mol. The number of ether oxygens (including phenoxy) is 3. The zero-order valence-electron chi connectivity index (χ0n) is 16.9. The van der Waals surface area contributed by atoms with Crippen LogP contribution in [0.4, 0.5) is 5.69 Å². The predicted molar refractivity (Wildman–Crippen MR) is 115 cm³/mol. The van der Waals surface area contributed by atoms with Crippen molar-refractivity contribution in [3.05, 3.63) is 99.3 Å². The number of nitro groups is 1. The predicted octanol–water partition coefficient (Wildman–Crippen LogP) is 4.83. The van der Waals surface area contributed by atoms with Crippen LogP contribution in [-0.4, -0.2) is 23.3 Å². The first kappa shape index (κ1) is 20.8. The van der Waals surface area contributed by atoms with E-state index in [1.165, 1.54) is 42.5 Å². The second-order valence-electron chi connectivity index (χ2n) is 6.76. The van der Waals surface area contributed by atoms with Crippen LogP contribution in [0.1, 0.15) is 33.2 Å². The Kier molecular flexibility index (Phi) is 5.67. The number of Topliss-reactive ketones (excluding diaryl/α,β-unsaturated/α-hetero) is 1. The number of carbonyl (C=O) groups excluding carboxylic acids is 2. The maximum absolute atomic E-state index is 12.7. The summed E-state index contributed by atoms with van der Waals surface area (Å²) < 4.78 is 16.6. The van der Waals surface area contributed by atoms with E-state index < -0.39 is 10.9 Å². The van der Waals surface area contributed by atoms with Crippen LogP contribution in [0.15, 0.2) is 72.5 Å². The quantitative estimate of drug-likeness (QED) is 0.181. The molecule has 3 aromatic carbocycles. The lowest BCUT2D eigenvalue weighted by atomic mass is 10.1. The number of non-ortho nitro benzene ring substituents is 1. The van der Waals surface area contributed by atoms with E-state index in [0.717, 1.165) is 0 Å². The van der Waals surface area contributed by atoms with Crippen LogP contribution in [0.2, 0.25) is 0 Å². The van der Waals surface area contributed by atoms with Crippen LogP contribution < -0.4 is 14.2 Å². The number of rotatable bonds is 6. The summed E-state index contributed by atoms with van der Waals surface area (Å²) in [6.07, 6.45) is 1.61. The largest absolute Gasteiger partial charge is 0.493 e. The lowest BCUT2D eigenvalue weighted by Gasteiger charge is -2.07. The van der Waals surface area contributed by atoms with E-state index in [0.29, 0.717) is 23.5 Å². The molecule has 8 nitrogen and oxygen atoms in total. The first-order valence-electron chi connectivity index (χ1n) is 9.73. The normalized spacial score (nSPS) is 13.4. The van der Waals surface area contributed by atoms with Crippen LogP contribution >= 0.6 is 0 Å². The number of nitro benzene ring substituents is 1. The number of hydrogen-bond donors (Lipinski definition) is 0. The van der Waals surface area contributed by atoms with Crippen molar-refractivity contribution in [2.75, 3.05) is 6.61 Å². The number of fused-ring (bicyclic) bond motifs is 1. The Balaban J connectivity index is 1.53. The van der Waals surface area contributed by atoms with Gasteiger partial charge in [0.25, 0.3) is 5.69 Å². The van der Waals surface area contributed by atoms with Gasteiger partial charge in [0.1, 0.15) is 17.2 Å². The number of para-hydroxylation sites is 1. The molecule has 0 saturated heterocycles. The molecule has 4 rings (SSSR count). The molecule has 0 atom stereocenters. The maximum atomic E-state index is 12.7. The molecule has 0 aliphatic carbocycles. The Bertz CT molecular complexity index is 1250. The Hall–Kier alpha value is -4.46. The van der Waals surface area contributed by atoms with Crippen molar-refractivity contribution in [1.29, 1.82) is 0 Å². The average Bonchev–Trinajstić information content (AvgIpc) is 3.10. The van der Waals surface area contributed by atoms with Gasteiger partial charge in [-0.05, 0) is 43.3 Å². The number of nitrogens with zero attached hydrogens (tertiary/aromatic N) is 1. The van der Waals surface area contributed by atoms with Crippen molar-refractivity contribution in [3.63, 3.8) is 0 Å². The van der Waals surface area contributed by atoms with Gasteiger partial charge in [-0.2, -0.15) is 0 Å². The van der Waals surface area contributed by atoms with E-state index in [-0.39, 0.29) is 34.3 Å². The summed E-state index contributed by atoms with van der Waals surface area (Å²) in [5.74, 6) is 0.226. The number of esters is 1. The molecule has 0 amide bonds. The molecular weight excluding hydrogens is 414 g/mol. The van der Waals surface area contributed by atoms with Crippen molar-refractivity contribution in [3.8, 4) is 17.2 Å². The lowest BCUT2D eigenvalue weighted by molar-refractivity contribution is -0.384. The molecule has 1 aliphatic heterocycles. The molecule has 0 aromatic heterocycles. The fourth-order valence-corrected chi connectivity index (χ4v) is 3.14. The highest BCUT2D eigenvalue weighted by molar-refractivity contribution is 6.14. The highest BCUT2D eigenvalue weighted by atomic mass is 16.6. The van der Waals surface area contributed by atoms with Crippen LogP contribution in [0, 0.1) is 10.1 Å². The van der Waals surface area contributed by atoms with Gasteiger partial charge in [-0.15, -0.1) is 0 Å². The van der Waals surface area contributed by atoms with Crippen molar-refractivity contribution in [2.45, 2.75) is 6.92 Å². The molecule has 0 bridgehead atoms. The molecule has 0 radical (unpaired) electrons. The topological polar surface area (TPSA) is 105 Å². The second-order valence-corrected chi connectivity index (χ2v) is 6.76. The minimum atomic E-state index is -0.689. The van der Waals surface area contributed by atoms with E-state index in [1.807, 2.05) is 25.1 Å². The van der Waals surface area contributed by atoms with Crippen LogP contribution in [0.5, 0.6) is 17.2 Å². The summed E-state index contributed by atoms with van der Waals surface area (Å²) in [6.45, 7) is 2.36. The molecule has 0 saturated carbocycles. The summed E-state index contributed by atoms with van der Waals surface area (Å²) >= 11 is 0. The van der Waals surface area contributed by atoms with Crippen molar-refractivity contribution >= 4 is 23.5 Å². The Morgan fingerprint density at radius 1 is 1.09 bits per heavy atom. The smallest absolute Gasteiger partial charge is 0.343 e. The highest BCUT2D eigenvalue weighted by Crippen LogP contribution is 2.36. The SMILES string of the molecule is CCOc1ccccc1/C=C1\Oc2cc(OC(=O)c3ccc([N+](=O)[O-])cc3)ccc2C1=O. The minimum Gasteiger partial charge on any atom is -0.493 e. The van der Waals surface area contributed by atoms with E-state index in [1.54, 1.807) is 12.1 Å². The molecule has 8 heteroatoms. The number of allylic oxidation sites excluding steroid dienone is 1. The van der Waals surface area contributed by atoms with Gasteiger partial charge < -0.3 is 14.2 Å². The van der Waals surface area contributed by atoms with Gasteiger partial charge in [0, 0.05) is 23.8 Å². The summed E-state index contributed by atoms with van der Waals surface area (Å²) in [4.78, 5) is 35.2. The van der Waals surface area contributed by atoms with E-state index in [4.69, 9.17) is 14.2 Å².